The van der Waals surface area contributed by atoms with Gasteiger partial charge in [-0.3, -0.25) is 4.79 Å². The predicted molar refractivity (Wildman–Crippen MR) is 79.4 cm³/mol. The van der Waals surface area contributed by atoms with Crippen molar-refractivity contribution in [2.45, 2.75) is 0 Å². The molecule has 6 heteroatoms. The minimum atomic E-state index is -0.208. The van der Waals surface area contributed by atoms with E-state index in [4.69, 9.17) is 23.2 Å². The van der Waals surface area contributed by atoms with Crippen LogP contribution in [-0.4, -0.2) is 22.1 Å². The number of carbonyl (C=O) groups is 1. The topological polar surface area (TPSA) is 20.3 Å². The molecule has 0 radical (unpaired) electrons. The fourth-order valence-electron chi connectivity index (χ4n) is 1.24. The lowest BCUT2D eigenvalue weighted by Crippen LogP contribution is -2.17. The van der Waals surface area contributed by atoms with Gasteiger partial charge in [-0.15, -0.1) is 0 Å². The summed E-state index contributed by atoms with van der Waals surface area (Å²) in [6.45, 7) is 3.78. The lowest BCUT2D eigenvalue weighted by molar-refractivity contribution is -0.117. The monoisotopic (exact) mass is 307 g/mol. The first-order valence-electron chi connectivity index (χ1n) is 4.58. The first-order chi connectivity index (χ1) is 8.02. The highest BCUT2D eigenvalue weighted by atomic mass is 35.5. The number of carbonyl (C=O) groups excluding carboxylic acids is 1. The third-order valence-corrected chi connectivity index (χ3v) is 4.54. The zero-order chi connectivity index (χ0) is 13.0. The van der Waals surface area contributed by atoms with Gasteiger partial charge in [0.1, 0.15) is 0 Å². The molecule has 0 saturated carbocycles. The molecule has 0 aromatic heterocycles. The van der Waals surface area contributed by atoms with Crippen molar-refractivity contribution in [2.24, 2.45) is 0 Å². The van der Waals surface area contributed by atoms with Gasteiger partial charge < -0.3 is 0 Å². The van der Waals surface area contributed by atoms with Gasteiger partial charge in [0.2, 0.25) is 0 Å². The van der Waals surface area contributed by atoms with Crippen molar-refractivity contribution in [2.75, 3.05) is 12.5 Å². The molecule has 0 aliphatic heterocycles. The molecule has 0 spiro atoms. The summed E-state index contributed by atoms with van der Waals surface area (Å²) in [4.78, 5) is 12.1. The van der Waals surface area contributed by atoms with Gasteiger partial charge in [0, 0.05) is 23.6 Å². The Kier molecular flexibility index (Phi) is 5.73. The Balaban J connectivity index is 3.09. The molecular formula is C11H11Cl2NOS2. The Bertz CT molecular complexity index is 427. The summed E-state index contributed by atoms with van der Waals surface area (Å²) in [6.07, 6.45) is 3.63. The summed E-state index contributed by atoms with van der Waals surface area (Å²) in [5, 5.41) is 0.857. The van der Waals surface area contributed by atoms with Gasteiger partial charge in [-0.1, -0.05) is 35.8 Å². The third kappa shape index (κ3) is 3.35. The van der Waals surface area contributed by atoms with E-state index in [1.54, 1.807) is 18.2 Å². The van der Waals surface area contributed by atoms with Gasteiger partial charge in [-0.2, -0.15) is 0 Å². The van der Waals surface area contributed by atoms with Crippen LogP contribution < -0.4 is 0 Å². The molecule has 0 atom stereocenters. The summed E-state index contributed by atoms with van der Waals surface area (Å²) in [7, 11) is 0. The Hall–Kier alpha value is -0.290. The molecular weight excluding hydrogens is 297 g/mol. The number of benzene rings is 1. The third-order valence-electron chi connectivity index (χ3n) is 2.02. The quantitative estimate of drug-likeness (QED) is 0.608. The summed E-state index contributed by atoms with van der Waals surface area (Å²) in [6, 6.07) is 5.10. The van der Waals surface area contributed by atoms with E-state index in [0.29, 0.717) is 21.2 Å². The van der Waals surface area contributed by atoms with Crippen molar-refractivity contribution < 1.29 is 4.79 Å². The SMILES string of the molecule is C=C(C(=O)N(SC)SC)c1c(Cl)cccc1Cl. The van der Waals surface area contributed by atoms with E-state index >= 15 is 0 Å². The second kappa shape index (κ2) is 6.59. The van der Waals surface area contributed by atoms with Crippen LogP contribution in [0.2, 0.25) is 10.0 Å². The van der Waals surface area contributed by atoms with Gasteiger partial charge in [0.05, 0.1) is 10.0 Å². The highest BCUT2D eigenvalue weighted by Gasteiger charge is 2.20. The zero-order valence-corrected chi connectivity index (χ0v) is 12.5. The number of hydrogen-bond donors (Lipinski definition) is 0. The highest BCUT2D eigenvalue weighted by Crippen LogP contribution is 2.33. The molecule has 1 aromatic carbocycles. The Morgan fingerprint density at radius 1 is 1.24 bits per heavy atom. The van der Waals surface area contributed by atoms with Gasteiger partial charge >= 0.3 is 0 Å². The van der Waals surface area contributed by atoms with Crippen molar-refractivity contribution in [3.63, 3.8) is 0 Å². The summed E-state index contributed by atoms with van der Waals surface area (Å²) in [5.74, 6) is -0.208. The number of amides is 1. The van der Waals surface area contributed by atoms with E-state index in [2.05, 4.69) is 6.58 Å². The molecule has 92 valence electrons. The van der Waals surface area contributed by atoms with Crippen LogP contribution in [0.3, 0.4) is 0 Å². The fourth-order valence-corrected chi connectivity index (χ4v) is 3.02. The molecule has 1 amide bonds. The summed E-state index contributed by atoms with van der Waals surface area (Å²) >= 11 is 14.7. The molecule has 0 bridgehead atoms. The second-order valence-corrected chi connectivity index (χ2v) is 5.51. The maximum atomic E-state index is 12.1. The molecule has 2 nitrogen and oxygen atoms in total. The maximum absolute atomic E-state index is 12.1. The van der Waals surface area contributed by atoms with Gasteiger partial charge in [-0.25, -0.2) is 3.71 Å². The number of halogens is 2. The van der Waals surface area contributed by atoms with Crippen LogP contribution in [0.15, 0.2) is 24.8 Å². The molecule has 1 rings (SSSR count). The van der Waals surface area contributed by atoms with E-state index in [1.165, 1.54) is 27.6 Å². The molecule has 0 aliphatic rings. The van der Waals surface area contributed by atoms with E-state index < -0.39 is 0 Å². The number of rotatable bonds is 4. The molecule has 1 aromatic rings. The average molecular weight is 308 g/mol. The smallest absolute Gasteiger partial charge is 0.267 e. The lowest BCUT2D eigenvalue weighted by atomic mass is 10.1. The number of hydrogen-bond acceptors (Lipinski definition) is 3. The Morgan fingerprint density at radius 2 is 1.71 bits per heavy atom. The minimum Gasteiger partial charge on any atom is -0.267 e. The highest BCUT2D eigenvalue weighted by molar-refractivity contribution is 8.12. The van der Waals surface area contributed by atoms with Crippen molar-refractivity contribution >= 4 is 58.6 Å². The first kappa shape index (κ1) is 14.8. The van der Waals surface area contributed by atoms with E-state index in [-0.39, 0.29) is 5.91 Å². The molecule has 0 N–H and O–H groups in total. The number of nitrogens with zero attached hydrogens (tertiary/aromatic N) is 1. The molecule has 0 fully saturated rings. The van der Waals surface area contributed by atoms with Gasteiger partial charge in [0.15, 0.2) is 0 Å². The average Bonchev–Trinajstić information content (AvgIpc) is 2.30. The van der Waals surface area contributed by atoms with Crippen LogP contribution in [0, 0.1) is 0 Å². The van der Waals surface area contributed by atoms with Crippen molar-refractivity contribution in [3.8, 4) is 0 Å². The van der Waals surface area contributed by atoms with Gasteiger partial charge in [-0.05, 0) is 36.0 Å². The minimum absolute atomic E-state index is 0.208. The molecule has 0 heterocycles. The first-order valence-corrected chi connectivity index (χ1v) is 7.70. The Morgan fingerprint density at radius 3 is 2.12 bits per heavy atom. The van der Waals surface area contributed by atoms with Crippen molar-refractivity contribution in [1.29, 1.82) is 0 Å². The molecule has 0 saturated heterocycles. The van der Waals surface area contributed by atoms with Crippen LogP contribution in [0.5, 0.6) is 0 Å². The molecule has 17 heavy (non-hydrogen) atoms. The standard InChI is InChI=1S/C11H11Cl2NOS2/c1-7(11(15)14(16-2)17-3)10-8(12)5-4-6-9(10)13/h4-6H,1H2,2-3H3. The van der Waals surface area contributed by atoms with Crippen LogP contribution in [0.4, 0.5) is 0 Å². The molecule has 0 aliphatic carbocycles. The Labute approximate surface area is 120 Å². The maximum Gasteiger partial charge on any atom is 0.274 e. The van der Waals surface area contributed by atoms with Crippen molar-refractivity contribution in [3.05, 3.63) is 40.4 Å². The van der Waals surface area contributed by atoms with E-state index in [1.807, 2.05) is 12.5 Å². The lowest BCUT2D eigenvalue weighted by Gasteiger charge is -2.18. The van der Waals surface area contributed by atoms with Crippen LogP contribution in [-0.2, 0) is 4.79 Å². The summed E-state index contributed by atoms with van der Waals surface area (Å²) < 4.78 is 1.52. The van der Waals surface area contributed by atoms with Crippen LogP contribution in [0.25, 0.3) is 5.57 Å². The van der Waals surface area contributed by atoms with Crippen molar-refractivity contribution in [1.82, 2.24) is 3.71 Å². The zero-order valence-electron chi connectivity index (χ0n) is 9.37. The van der Waals surface area contributed by atoms with Crippen LogP contribution >= 0.6 is 47.1 Å². The largest absolute Gasteiger partial charge is 0.274 e. The van der Waals surface area contributed by atoms with E-state index in [9.17, 15) is 4.79 Å². The second-order valence-electron chi connectivity index (χ2n) is 3.00. The summed E-state index contributed by atoms with van der Waals surface area (Å²) in [5.41, 5.74) is 0.790. The van der Waals surface area contributed by atoms with Crippen LogP contribution in [0.1, 0.15) is 5.56 Å². The molecule has 0 unspecified atom stereocenters. The van der Waals surface area contributed by atoms with Gasteiger partial charge in [0.25, 0.3) is 5.91 Å². The normalized spacial score (nSPS) is 10.1. The van der Waals surface area contributed by atoms with E-state index in [0.717, 1.165) is 0 Å². The predicted octanol–water partition coefficient (Wildman–Crippen LogP) is 4.39. The fraction of sp³-hybridized carbons (Fsp3) is 0.182.